The van der Waals surface area contributed by atoms with Gasteiger partial charge in [-0.25, -0.2) is 8.78 Å². The maximum Gasteiger partial charge on any atom is 0.146 e. The average Bonchev–Trinajstić information content (AvgIpc) is 2.61. The van der Waals surface area contributed by atoms with Gasteiger partial charge in [0.2, 0.25) is 0 Å². The molecule has 5 heteroatoms. The molecule has 0 aliphatic carbocycles. The second-order valence-corrected chi connectivity index (χ2v) is 4.62. The lowest BCUT2D eigenvalue weighted by atomic mass is 10.0. The van der Waals surface area contributed by atoms with Crippen molar-refractivity contribution in [3.63, 3.8) is 0 Å². The topological polar surface area (TPSA) is 43.8 Å². The van der Waals surface area contributed by atoms with Crippen molar-refractivity contribution >= 4 is 5.69 Å². The van der Waals surface area contributed by atoms with Crippen LogP contribution in [0.15, 0.2) is 12.1 Å². The number of nitrogens with two attached hydrogens (primary N) is 1. The summed E-state index contributed by atoms with van der Waals surface area (Å²) in [7, 11) is 0. The quantitative estimate of drug-likeness (QED) is 0.864. The summed E-state index contributed by atoms with van der Waals surface area (Å²) >= 11 is 0. The molecular weight excluding hydrogens is 248 g/mol. The molecule has 0 aliphatic rings. The summed E-state index contributed by atoms with van der Waals surface area (Å²) in [6.45, 7) is 6.45. The molecule has 2 aromatic rings. The number of benzene rings is 1. The molecule has 0 spiro atoms. The van der Waals surface area contributed by atoms with Crippen molar-refractivity contribution in [2.24, 2.45) is 0 Å². The predicted octanol–water partition coefficient (Wildman–Crippen LogP) is 3.44. The van der Waals surface area contributed by atoms with Crippen LogP contribution in [0.2, 0.25) is 0 Å². The standard InChI is InChI=1S/C14H17F2N3/c1-4-5-19-9(3)14(8(2)18-19)10-6-12(16)13(17)7-11(10)15/h6-7H,4-5,17H2,1-3H3. The van der Waals surface area contributed by atoms with E-state index in [2.05, 4.69) is 5.10 Å². The van der Waals surface area contributed by atoms with E-state index in [0.717, 1.165) is 30.8 Å². The summed E-state index contributed by atoms with van der Waals surface area (Å²) in [6.07, 6.45) is 0.931. The van der Waals surface area contributed by atoms with Gasteiger partial charge in [0.15, 0.2) is 0 Å². The van der Waals surface area contributed by atoms with Crippen LogP contribution < -0.4 is 5.73 Å². The minimum Gasteiger partial charge on any atom is -0.396 e. The second-order valence-electron chi connectivity index (χ2n) is 4.62. The van der Waals surface area contributed by atoms with Crippen molar-refractivity contribution < 1.29 is 8.78 Å². The zero-order chi connectivity index (χ0) is 14.2. The minimum atomic E-state index is -0.613. The molecule has 1 aromatic carbocycles. The van der Waals surface area contributed by atoms with Gasteiger partial charge in [-0.3, -0.25) is 4.68 Å². The molecule has 102 valence electrons. The van der Waals surface area contributed by atoms with Crippen molar-refractivity contribution in [1.82, 2.24) is 9.78 Å². The minimum absolute atomic E-state index is 0.183. The van der Waals surface area contributed by atoms with Gasteiger partial charge in [0.05, 0.1) is 11.4 Å². The molecule has 1 aromatic heterocycles. The molecular formula is C14H17F2N3. The summed E-state index contributed by atoms with van der Waals surface area (Å²) in [5.74, 6) is -1.14. The Morgan fingerprint density at radius 3 is 2.53 bits per heavy atom. The van der Waals surface area contributed by atoms with E-state index >= 15 is 0 Å². The average molecular weight is 265 g/mol. The fourth-order valence-electron chi connectivity index (χ4n) is 2.27. The molecule has 2 N–H and O–H groups in total. The van der Waals surface area contributed by atoms with E-state index in [1.165, 1.54) is 0 Å². The molecule has 0 unspecified atom stereocenters. The van der Waals surface area contributed by atoms with Gasteiger partial charge >= 0.3 is 0 Å². The van der Waals surface area contributed by atoms with Crippen LogP contribution in [0.5, 0.6) is 0 Å². The Balaban J connectivity index is 2.62. The highest BCUT2D eigenvalue weighted by atomic mass is 19.1. The molecule has 0 atom stereocenters. The van der Waals surface area contributed by atoms with E-state index in [4.69, 9.17) is 5.73 Å². The van der Waals surface area contributed by atoms with Crippen molar-refractivity contribution in [3.05, 3.63) is 35.2 Å². The zero-order valence-electron chi connectivity index (χ0n) is 11.3. The third kappa shape index (κ3) is 2.32. The van der Waals surface area contributed by atoms with Crippen LogP contribution in [0.25, 0.3) is 11.1 Å². The Labute approximate surface area is 111 Å². The van der Waals surface area contributed by atoms with Crippen molar-refractivity contribution in [2.75, 3.05) is 5.73 Å². The number of halogens is 2. The summed E-state index contributed by atoms with van der Waals surface area (Å²) in [4.78, 5) is 0. The molecule has 3 nitrogen and oxygen atoms in total. The highest BCUT2D eigenvalue weighted by Gasteiger charge is 2.18. The number of anilines is 1. The number of hydrogen-bond acceptors (Lipinski definition) is 2. The van der Waals surface area contributed by atoms with Gasteiger partial charge < -0.3 is 5.73 Å². The molecule has 0 saturated heterocycles. The summed E-state index contributed by atoms with van der Waals surface area (Å²) in [5.41, 5.74) is 7.56. The van der Waals surface area contributed by atoms with E-state index in [0.29, 0.717) is 11.3 Å². The third-order valence-corrected chi connectivity index (χ3v) is 3.17. The van der Waals surface area contributed by atoms with Gasteiger partial charge in [-0.1, -0.05) is 6.92 Å². The Morgan fingerprint density at radius 2 is 1.89 bits per heavy atom. The first-order chi connectivity index (χ1) is 8.95. The molecule has 0 bridgehead atoms. The van der Waals surface area contributed by atoms with Crippen molar-refractivity contribution in [2.45, 2.75) is 33.7 Å². The molecule has 0 amide bonds. The second kappa shape index (κ2) is 4.99. The first-order valence-corrected chi connectivity index (χ1v) is 6.24. The SMILES string of the molecule is CCCn1nc(C)c(-c2cc(F)c(N)cc2F)c1C. The van der Waals surface area contributed by atoms with Crippen LogP contribution in [-0.4, -0.2) is 9.78 Å². The monoisotopic (exact) mass is 265 g/mol. The largest absolute Gasteiger partial charge is 0.396 e. The fraction of sp³-hybridized carbons (Fsp3) is 0.357. The molecule has 19 heavy (non-hydrogen) atoms. The van der Waals surface area contributed by atoms with E-state index in [9.17, 15) is 8.78 Å². The number of hydrogen-bond donors (Lipinski definition) is 1. The van der Waals surface area contributed by atoms with Gasteiger partial charge in [0.1, 0.15) is 11.6 Å². The van der Waals surface area contributed by atoms with Gasteiger partial charge in [-0.05, 0) is 26.3 Å². The van der Waals surface area contributed by atoms with Gasteiger partial charge in [-0.15, -0.1) is 0 Å². The Kier molecular flexibility index (Phi) is 3.55. The summed E-state index contributed by atoms with van der Waals surface area (Å²) < 4.78 is 29.3. The van der Waals surface area contributed by atoms with Crippen LogP contribution in [0, 0.1) is 25.5 Å². The molecule has 1 heterocycles. The maximum atomic E-state index is 14.0. The summed E-state index contributed by atoms with van der Waals surface area (Å²) in [6, 6.07) is 2.15. The number of aromatic nitrogens is 2. The Bertz CT molecular complexity index is 618. The normalized spacial score (nSPS) is 11.0. The zero-order valence-corrected chi connectivity index (χ0v) is 11.3. The van der Waals surface area contributed by atoms with Gasteiger partial charge in [-0.2, -0.15) is 5.10 Å². The van der Waals surface area contributed by atoms with Crippen molar-refractivity contribution in [1.29, 1.82) is 0 Å². The van der Waals surface area contributed by atoms with Crippen LogP contribution in [0.3, 0.4) is 0 Å². The lowest BCUT2D eigenvalue weighted by molar-refractivity contribution is 0.583. The molecule has 2 rings (SSSR count). The van der Waals surface area contributed by atoms with Gasteiger partial charge in [0.25, 0.3) is 0 Å². The van der Waals surface area contributed by atoms with Crippen LogP contribution >= 0.6 is 0 Å². The first kappa shape index (κ1) is 13.5. The first-order valence-electron chi connectivity index (χ1n) is 6.24. The van der Waals surface area contributed by atoms with E-state index in [1.54, 1.807) is 6.92 Å². The predicted molar refractivity (Wildman–Crippen MR) is 71.8 cm³/mol. The number of rotatable bonds is 3. The van der Waals surface area contributed by atoms with E-state index in [1.807, 2.05) is 18.5 Å². The number of nitrogens with zero attached hydrogens (tertiary/aromatic N) is 2. The Morgan fingerprint density at radius 1 is 1.21 bits per heavy atom. The fourth-order valence-corrected chi connectivity index (χ4v) is 2.27. The third-order valence-electron chi connectivity index (χ3n) is 3.17. The van der Waals surface area contributed by atoms with Crippen molar-refractivity contribution in [3.8, 4) is 11.1 Å². The lowest BCUT2D eigenvalue weighted by Gasteiger charge is -2.07. The molecule has 0 radical (unpaired) electrons. The lowest BCUT2D eigenvalue weighted by Crippen LogP contribution is -2.01. The van der Waals surface area contributed by atoms with E-state index in [-0.39, 0.29) is 11.3 Å². The number of nitrogen functional groups attached to an aromatic ring is 1. The van der Waals surface area contributed by atoms with Crippen LogP contribution in [-0.2, 0) is 6.54 Å². The highest BCUT2D eigenvalue weighted by molar-refractivity contribution is 5.71. The highest BCUT2D eigenvalue weighted by Crippen LogP contribution is 2.31. The summed E-state index contributed by atoms with van der Waals surface area (Å²) in [5, 5.41) is 4.37. The number of aryl methyl sites for hydroxylation is 2. The van der Waals surface area contributed by atoms with E-state index < -0.39 is 11.6 Å². The van der Waals surface area contributed by atoms with Crippen LogP contribution in [0.4, 0.5) is 14.5 Å². The smallest absolute Gasteiger partial charge is 0.146 e. The molecule has 0 saturated carbocycles. The maximum absolute atomic E-state index is 14.0. The Hall–Kier alpha value is -1.91. The van der Waals surface area contributed by atoms with Crippen LogP contribution in [0.1, 0.15) is 24.7 Å². The molecule has 0 fully saturated rings. The molecule has 0 aliphatic heterocycles. The van der Waals surface area contributed by atoms with Gasteiger partial charge in [0, 0.05) is 29.4 Å².